The van der Waals surface area contributed by atoms with Crippen LogP contribution in [0.4, 0.5) is 5.95 Å². The third kappa shape index (κ3) is 1.93. The average molecular weight is 260 g/mol. The lowest BCUT2D eigenvalue weighted by Gasteiger charge is -2.23. The van der Waals surface area contributed by atoms with Gasteiger partial charge in [-0.2, -0.15) is 0 Å². The first kappa shape index (κ1) is 11.4. The average Bonchev–Trinajstić information content (AvgIpc) is 2.38. The van der Waals surface area contributed by atoms with Gasteiger partial charge in [-0.3, -0.25) is 0 Å². The molecule has 0 radical (unpaired) electrons. The van der Waals surface area contributed by atoms with Gasteiger partial charge in [0.1, 0.15) is 5.75 Å². The first-order valence-corrected chi connectivity index (χ1v) is 5.37. The molecule has 0 amide bonds. The number of ether oxygens (including phenoxy) is 1. The third-order valence-electron chi connectivity index (χ3n) is 2.66. The Bertz CT molecular complexity index is 661. The van der Waals surface area contributed by atoms with Gasteiger partial charge in [0.15, 0.2) is 5.03 Å². The van der Waals surface area contributed by atoms with E-state index in [0.29, 0.717) is 22.6 Å². The molecule has 3 rings (SSSR count). The van der Waals surface area contributed by atoms with Crippen LogP contribution in [-0.4, -0.2) is 20.1 Å². The van der Waals surface area contributed by atoms with Crippen molar-refractivity contribution in [2.75, 3.05) is 5.43 Å². The zero-order chi connectivity index (χ0) is 13.4. The first-order valence-electron chi connectivity index (χ1n) is 5.37. The molecule has 1 aliphatic heterocycles. The number of rotatable bonds is 2. The largest absolute Gasteiger partial charge is 0.460 e. The summed E-state index contributed by atoms with van der Waals surface area (Å²) in [5.74, 6) is 0.320. The number of hydrogen-bond acceptors (Lipinski definition) is 6. The predicted molar refractivity (Wildman–Crippen MR) is 63.7 cm³/mol. The molecule has 2 aromatic rings. The quantitative estimate of drug-likeness (QED) is 0.615. The second-order valence-corrected chi connectivity index (χ2v) is 3.83. The number of hydrogen-bond donors (Lipinski definition) is 2. The number of nitrogens with zero attached hydrogens (tertiary/aromatic N) is 3. The summed E-state index contributed by atoms with van der Waals surface area (Å²) in [6, 6.07) is 6.98. The second-order valence-electron chi connectivity index (χ2n) is 3.83. The van der Waals surface area contributed by atoms with E-state index in [9.17, 15) is 15.2 Å². The fourth-order valence-corrected chi connectivity index (χ4v) is 1.87. The van der Waals surface area contributed by atoms with Crippen LogP contribution in [-0.2, 0) is 0 Å². The number of aliphatic hydroxyl groups excluding tert-OH is 1. The van der Waals surface area contributed by atoms with Crippen molar-refractivity contribution in [1.29, 1.82) is 0 Å². The maximum absolute atomic E-state index is 10.4. The second kappa shape index (κ2) is 4.18. The van der Waals surface area contributed by atoms with Crippen LogP contribution in [0.25, 0.3) is 11.3 Å². The highest BCUT2D eigenvalue weighted by Crippen LogP contribution is 2.39. The lowest BCUT2D eigenvalue weighted by molar-refractivity contribution is -0.446. The molecule has 0 fully saturated rings. The van der Waals surface area contributed by atoms with Crippen molar-refractivity contribution >= 4 is 5.95 Å². The number of para-hydroxylation sites is 1. The van der Waals surface area contributed by atoms with Crippen LogP contribution in [0.1, 0.15) is 11.9 Å². The Labute approximate surface area is 106 Å². The molecule has 8 nitrogen and oxygen atoms in total. The van der Waals surface area contributed by atoms with E-state index in [4.69, 9.17) is 4.74 Å². The molecule has 0 spiro atoms. The third-order valence-corrected chi connectivity index (χ3v) is 2.66. The molecule has 8 heteroatoms. The zero-order valence-electron chi connectivity index (χ0n) is 9.48. The van der Waals surface area contributed by atoms with E-state index in [1.807, 2.05) is 5.43 Å². The minimum atomic E-state index is -1.19. The number of nitro groups is 1. The molecule has 19 heavy (non-hydrogen) atoms. The molecule has 0 saturated carbocycles. The molecule has 1 aliphatic rings. The fraction of sp³-hybridized carbons (Fsp3) is 0.0909. The van der Waals surface area contributed by atoms with Crippen molar-refractivity contribution in [1.82, 2.24) is 9.97 Å². The fourth-order valence-electron chi connectivity index (χ4n) is 1.87. The number of benzene rings is 1. The van der Waals surface area contributed by atoms with Gasteiger partial charge in [-0.15, -0.1) is 0 Å². The Morgan fingerprint density at radius 3 is 3.00 bits per heavy atom. The van der Waals surface area contributed by atoms with Gasteiger partial charge < -0.3 is 9.84 Å². The zero-order valence-corrected chi connectivity index (χ0v) is 9.48. The summed E-state index contributed by atoms with van der Waals surface area (Å²) in [6.45, 7) is 0. The number of nitrogens with one attached hydrogen (secondary N) is 1. The summed E-state index contributed by atoms with van der Waals surface area (Å²) < 4.78 is 5.30. The Morgan fingerprint density at radius 1 is 1.42 bits per heavy atom. The molecule has 1 aromatic carbocycles. The molecular formula is C11H8N4O4. The van der Waals surface area contributed by atoms with Crippen LogP contribution >= 0.6 is 0 Å². The lowest BCUT2D eigenvalue weighted by atomic mass is 10.0. The molecule has 2 heterocycles. The summed E-state index contributed by atoms with van der Waals surface area (Å²) in [4.78, 5) is 18.2. The Balaban J connectivity index is 2.14. The SMILES string of the molecule is O=[N+]([O-])Nc1ncc2c(n1)-c1ccccc1OC2O. The Morgan fingerprint density at radius 2 is 2.21 bits per heavy atom. The van der Waals surface area contributed by atoms with E-state index in [0.717, 1.165) is 0 Å². The van der Waals surface area contributed by atoms with E-state index in [1.54, 1.807) is 24.3 Å². The molecule has 96 valence electrons. The van der Waals surface area contributed by atoms with E-state index in [-0.39, 0.29) is 5.95 Å². The van der Waals surface area contributed by atoms with Crippen molar-refractivity contribution in [3.63, 3.8) is 0 Å². The van der Waals surface area contributed by atoms with Crippen molar-refractivity contribution in [3.8, 4) is 17.0 Å². The van der Waals surface area contributed by atoms with Gasteiger partial charge in [0.25, 0.3) is 5.95 Å². The van der Waals surface area contributed by atoms with Gasteiger partial charge in [0.05, 0.1) is 11.3 Å². The van der Waals surface area contributed by atoms with Crippen LogP contribution in [0.5, 0.6) is 5.75 Å². The van der Waals surface area contributed by atoms with Gasteiger partial charge in [0.2, 0.25) is 6.29 Å². The molecular weight excluding hydrogens is 252 g/mol. The Kier molecular flexibility index (Phi) is 2.50. The monoisotopic (exact) mass is 260 g/mol. The topological polar surface area (TPSA) is 110 Å². The Hall–Kier alpha value is -2.74. The van der Waals surface area contributed by atoms with E-state index in [2.05, 4.69) is 9.97 Å². The standard InChI is InChI=1S/C11H8N4O4/c16-10-7-5-12-11(14-15(17)18)13-9(7)6-3-1-2-4-8(6)19-10/h1-5,10,16H,(H,12,13,14). The maximum atomic E-state index is 10.4. The van der Waals surface area contributed by atoms with Crippen LogP contribution < -0.4 is 10.2 Å². The summed E-state index contributed by atoms with van der Waals surface area (Å²) in [5.41, 5.74) is 3.31. The maximum Gasteiger partial charge on any atom is 0.285 e. The van der Waals surface area contributed by atoms with Crippen LogP contribution in [0.15, 0.2) is 30.5 Å². The van der Waals surface area contributed by atoms with Gasteiger partial charge in [-0.1, -0.05) is 17.6 Å². The number of anilines is 1. The van der Waals surface area contributed by atoms with E-state index >= 15 is 0 Å². The molecule has 0 saturated heterocycles. The highest BCUT2D eigenvalue weighted by atomic mass is 16.7. The summed E-state index contributed by atoms with van der Waals surface area (Å²) in [5, 5.41) is 19.5. The molecule has 0 aliphatic carbocycles. The number of fused-ring (bicyclic) bond motifs is 3. The van der Waals surface area contributed by atoms with Gasteiger partial charge >= 0.3 is 0 Å². The van der Waals surface area contributed by atoms with Gasteiger partial charge in [-0.25, -0.2) is 20.1 Å². The lowest BCUT2D eigenvalue weighted by Crippen LogP contribution is -2.17. The molecule has 0 bridgehead atoms. The molecule has 1 unspecified atom stereocenters. The highest BCUT2D eigenvalue weighted by molar-refractivity contribution is 5.72. The molecule has 2 N–H and O–H groups in total. The van der Waals surface area contributed by atoms with Crippen molar-refractivity contribution < 1.29 is 14.9 Å². The smallest absolute Gasteiger partial charge is 0.285 e. The van der Waals surface area contributed by atoms with Gasteiger partial charge in [-0.05, 0) is 12.1 Å². The first-order chi connectivity index (χ1) is 9.15. The normalized spacial score (nSPS) is 15.9. The molecule has 1 atom stereocenters. The summed E-state index contributed by atoms with van der Waals surface area (Å²) >= 11 is 0. The van der Waals surface area contributed by atoms with Gasteiger partial charge in [0, 0.05) is 11.8 Å². The van der Waals surface area contributed by atoms with Crippen molar-refractivity contribution in [3.05, 3.63) is 46.1 Å². The van der Waals surface area contributed by atoms with E-state index < -0.39 is 11.3 Å². The number of hydrazine groups is 1. The van der Waals surface area contributed by atoms with Crippen molar-refractivity contribution in [2.24, 2.45) is 0 Å². The highest BCUT2D eigenvalue weighted by Gasteiger charge is 2.26. The van der Waals surface area contributed by atoms with Crippen LogP contribution in [0.3, 0.4) is 0 Å². The van der Waals surface area contributed by atoms with Crippen LogP contribution in [0, 0.1) is 10.1 Å². The van der Waals surface area contributed by atoms with Crippen LogP contribution in [0.2, 0.25) is 0 Å². The minimum Gasteiger partial charge on any atom is -0.460 e. The van der Waals surface area contributed by atoms with Crippen molar-refractivity contribution in [2.45, 2.75) is 6.29 Å². The summed E-state index contributed by atoms with van der Waals surface area (Å²) in [7, 11) is 0. The number of aromatic nitrogens is 2. The predicted octanol–water partition coefficient (Wildman–Crippen LogP) is 1.13. The van der Waals surface area contributed by atoms with E-state index in [1.165, 1.54) is 6.20 Å². The molecule has 1 aromatic heterocycles. The minimum absolute atomic E-state index is 0.146. The summed E-state index contributed by atoms with van der Waals surface area (Å²) in [6.07, 6.45) is 0.115. The number of aliphatic hydroxyl groups is 1.